The zero-order chi connectivity index (χ0) is 17.9. The fourth-order valence-electron chi connectivity index (χ4n) is 2.14. The summed E-state index contributed by atoms with van der Waals surface area (Å²) in [7, 11) is 3.27. The molecule has 0 unspecified atom stereocenters. The van der Waals surface area contributed by atoms with Gasteiger partial charge >= 0.3 is 0 Å². The first-order chi connectivity index (χ1) is 12.1. The number of rotatable bonds is 9. The summed E-state index contributed by atoms with van der Waals surface area (Å²) in [5.41, 5.74) is 2.27. The Kier molecular flexibility index (Phi) is 8.42. The molecule has 0 saturated carbocycles. The highest BCUT2D eigenvalue weighted by Gasteiger charge is 2.19. The van der Waals surface area contributed by atoms with Gasteiger partial charge < -0.3 is 10.6 Å². The van der Waals surface area contributed by atoms with Crippen LogP contribution in [0.25, 0.3) is 0 Å². The SMILES string of the molecule is CC(=O)N[C@@H](CSSCc1ccccc1)C(=O)NCc1ccccc1. The Morgan fingerprint density at radius 2 is 1.52 bits per heavy atom. The van der Waals surface area contributed by atoms with Crippen molar-refractivity contribution in [2.24, 2.45) is 0 Å². The van der Waals surface area contributed by atoms with Crippen LogP contribution < -0.4 is 10.6 Å². The number of hydrogen-bond acceptors (Lipinski definition) is 4. The molecular weight excluding hydrogens is 352 g/mol. The molecule has 4 nitrogen and oxygen atoms in total. The zero-order valence-corrected chi connectivity index (χ0v) is 15.7. The van der Waals surface area contributed by atoms with E-state index >= 15 is 0 Å². The monoisotopic (exact) mass is 374 g/mol. The molecule has 2 rings (SSSR count). The molecule has 2 aromatic rings. The van der Waals surface area contributed by atoms with Gasteiger partial charge in [0.2, 0.25) is 11.8 Å². The molecule has 0 aliphatic carbocycles. The largest absolute Gasteiger partial charge is 0.350 e. The molecule has 2 amide bonds. The van der Waals surface area contributed by atoms with Crippen molar-refractivity contribution in [3.05, 3.63) is 71.8 Å². The van der Waals surface area contributed by atoms with E-state index in [0.717, 1.165) is 11.3 Å². The van der Waals surface area contributed by atoms with Crippen LogP contribution in [0, 0.1) is 0 Å². The van der Waals surface area contributed by atoms with E-state index in [9.17, 15) is 9.59 Å². The van der Waals surface area contributed by atoms with Crippen LogP contribution in [-0.2, 0) is 21.9 Å². The van der Waals surface area contributed by atoms with Crippen molar-refractivity contribution >= 4 is 33.4 Å². The summed E-state index contributed by atoms with van der Waals surface area (Å²) < 4.78 is 0. The Morgan fingerprint density at radius 1 is 0.920 bits per heavy atom. The van der Waals surface area contributed by atoms with Crippen LogP contribution in [0.3, 0.4) is 0 Å². The number of amides is 2. The summed E-state index contributed by atoms with van der Waals surface area (Å²) in [6, 6.07) is 19.3. The summed E-state index contributed by atoms with van der Waals surface area (Å²) in [5.74, 6) is 1.03. The molecule has 0 spiro atoms. The molecule has 0 saturated heterocycles. The van der Waals surface area contributed by atoms with Gasteiger partial charge in [-0.2, -0.15) is 0 Å². The van der Waals surface area contributed by atoms with Crippen LogP contribution in [0.15, 0.2) is 60.7 Å². The third-order valence-electron chi connectivity index (χ3n) is 3.39. The van der Waals surface area contributed by atoms with Crippen molar-refractivity contribution in [3.63, 3.8) is 0 Å². The number of benzene rings is 2. The quantitative estimate of drug-likeness (QED) is 0.522. The fraction of sp³-hybridized carbons (Fsp3) is 0.263. The smallest absolute Gasteiger partial charge is 0.243 e. The number of nitrogens with one attached hydrogen (secondary N) is 2. The summed E-state index contributed by atoms with van der Waals surface area (Å²) in [6.45, 7) is 1.89. The Morgan fingerprint density at radius 3 is 2.12 bits per heavy atom. The Bertz CT molecular complexity index is 666. The molecule has 2 aromatic carbocycles. The van der Waals surface area contributed by atoms with E-state index in [2.05, 4.69) is 22.8 Å². The molecule has 1 atom stereocenters. The molecule has 0 bridgehead atoms. The predicted octanol–water partition coefficient (Wildman–Crippen LogP) is 3.39. The van der Waals surface area contributed by atoms with Crippen molar-refractivity contribution in [2.75, 3.05) is 5.75 Å². The minimum atomic E-state index is -0.533. The summed E-state index contributed by atoms with van der Waals surface area (Å²) >= 11 is 0. The number of hydrogen-bond donors (Lipinski definition) is 2. The van der Waals surface area contributed by atoms with Crippen LogP contribution in [0.1, 0.15) is 18.1 Å². The van der Waals surface area contributed by atoms with Gasteiger partial charge in [-0.1, -0.05) is 82.3 Å². The van der Waals surface area contributed by atoms with Gasteiger partial charge in [0.05, 0.1) is 0 Å². The molecule has 0 aliphatic rings. The predicted molar refractivity (Wildman–Crippen MR) is 106 cm³/mol. The van der Waals surface area contributed by atoms with Crippen LogP contribution in [0.2, 0.25) is 0 Å². The van der Waals surface area contributed by atoms with Crippen LogP contribution in [0.4, 0.5) is 0 Å². The maximum atomic E-state index is 12.4. The molecule has 0 fully saturated rings. The second-order valence-corrected chi connectivity index (χ2v) is 8.00. The number of carbonyl (C=O) groups excluding carboxylic acids is 2. The molecular formula is C19H22N2O2S2. The molecule has 6 heteroatoms. The fourth-order valence-corrected chi connectivity index (χ4v) is 4.37. The first-order valence-corrected chi connectivity index (χ1v) is 10.5. The van der Waals surface area contributed by atoms with Crippen molar-refractivity contribution in [3.8, 4) is 0 Å². The highest BCUT2D eigenvalue weighted by molar-refractivity contribution is 8.76. The first kappa shape index (κ1) is 19.4. The average Bonchev–Trinajstić information content (AvgIpc) is 2.63. The minimum absolute atomic E-state index is 0.160. The highest BCUT2D eigenvalue weighted by Crippen LogP contribution is 2.26. The normalized spacial score (nSPS) is 11.6. The van der Waals surface area contributed by atoms with Crippen molar-refractivity contribution in [1.29, 1.82) is 0 Å². The third kappa shape index (κ3) is 7.67. The van der Waals surface area contributed by atoms with Gasteiger partial charge in [0.15, 0.2) is 0 Å². The topological polar surface area (TPSA) is 58.2 Å². The number of carbonyl (C=O) groups is 2. The van der Waals surface area contributed by atoms with E-state index in [1.54, 1.807) is 21.6 Å². The second kappa shape index (κ2) is 10.8. The van der Waals surface area contributed by atoms with Gasteiger partial charge in [0.25, 0.3) is 0 Å². The van der Waals surface area contributed by atoms with E-state index in [4.69, 9.17) is 0 Å². The minimum Gasteiger partial charge on any atom is -0.350 e. The molecule has 25 heavy (non-hydrogen) atoms. The van der Waals surface area contributed by atoms with Gasteiger partial charge in [-0.25, -0.2) is 0 Å². The van der Waals surface area contributed by atoms with Crippen molar-refractivity contribution < 1.29 is 9.59 Å². The maximum absolute atomic E-state index is 12.4. The highest BCUT2D eigenvalue weighted by atomic mass is 33.1. The van der Waals surface area contributed by atoms with Crippen molar-refractivity contribution in [1.82, 2.24) is 10.6 Å². The third-order valence-corrected chi connectivity index (χ3v) is 5.74. The Labute approximate surface area is 156 Å². The molecule has 0 aromatic heterocycles. The molecule has 132 valence electrons. The Hall–Kier alpha value is -1.92. The molecule has 2 N–H and O–H groups in total. The average molecular weight is 375 g/mol. The van der Waals surface area contributed by atoms with Gasteiger partial charge in [-0.3, -0.25) is 9.59 Å². The maximum Gasteiger partial charge on any atom is 0.243 e. The molecule has 0 radical (unpaired) electrons. The molecule has 0 aliphatic heterocycles. The lowest BCUT2D eigenvalue weighted by atomic mass is 10.2. The lowest BCUT2D eigenvalue weighted by Crippen LogP contribution is -2.47. The van der Waals surface area contributed by atoms with E-state index in [1.165, 1.54) is 12.5 Å². The standard InChI is InChI=1S/C19H22N2O2S2/c1-15(22)21-18(14-25-24-13-17-10-6-3-7-11-17)19(23)20-12-16-8-4-2-5-9-16/h2-11,18H,12-14H2,1H3,(H,20,23)(H,21,22)/t18-/m0/s1. The summed E-state index contributed by atoms with van der Waals surface area (Å²) in [5, 5.41) is 5.62. The first-order valence-electron chi connectivity index (χ1n) is 8.02. The Balaban J connectivity index is 1.78. The second-order valence-electron chi connectivity index (χ2n) is 5.49. The van der Waals surface area contributed by atoms with Gasteiger partial charge in [-0.05, 0) is 11.1 Å². The lowest BCUT2D eigenvalue weighted by Gasteiger charge is -2.17. The summed E-state index contributed by atoms with van der Waals surface area (Å²) in [4.78, 5) is 23.7. The van der Waals surface area contributed by atoms with Gasteiger partial charge in [0, 0.05) is 25.0 Å². The molecule has 0 heterocycles. The lowest BCUT2D eigenvalue weighted by molar-refractivity contribution is -0.127. The van der Waals surface area contributed by atoms with Gasteiger partial charge in [0.1, 0.15) is 6.04 Å². The van der Waals surface area contributed by atoms with E-state index in [0.29, 0.717) is 12.3 Å². The summed E-state index contributed by atoms with van der Waals surface area (Å²) in [6.07, 6.45) is 0. The van der Waals surface area contributed by atoms with Gasteiger partial charge in [-0.15, -0.1) is 0 Å². The van der Waals surface area contributed by atoms with E-state index in [1.807, 2.05) is 48.5 Å². The van der Waals surface area contributed by atoms with E-state index < -0.39 is 6.04 Å². The van der Waals surface area contributed by atoms with Crippen molar-refractivity contribution in [2.45, 2.75) is 25.3 Å². The van der Waals surface area contributed by atoms with E-state index in [-0.39, 0.29) is 11.8 Å². The van der Waals surface area contributed by atoms with Crippen LogP contribution >= 0.6 is 21.6 Å². The zero-order valence-electron chi connectivity index (χ0n) is 14.1. The van der Waals surface area contributed by atoms with Crippen LogP contribution in [0.5, 0.6) is 0 Å². The van der Waals surface area contributed by atoms with Crippen LogP contribution in [-0.4, -0.2) is 23.6 Å².